The maximum absolute atomic E-state index is 10.7. The van der Waals surface area contributed by atoms with E-state index in [-0.39, 0.29) is 5.69 Å². The molecule has 0 amide bonds. The average Bonchev–Trinajstić information content (AvgIpc) is 3.00. The molecule has 2 heterocycles. The fourth-order valence-corrected chi connectivity index (χ4v) is 2.17. The van der Waals surface area contributed by atoms with Gasteiger partial charge in [-0.15, -0.1) is 0 Å². The number of nitro groups is 1. The van der Waals surface area contributed by atoms with Crippen molar-refractivity contribution in [1.29, 1.82) is 0 Å². The third-order valence-corrected chi connectivity index (χ3v) is 3.28. The van der Waals surface area contributed by atoms with Crippen LogP contribution in [-0.4, -0.2) is 24.7 Å². The molecule has 0 unspecified atom stereocenters. The summed E-state index contributed by atoms with van der Waals surface area (Å²) < 4.78 is 1.77. The SMILES string of the molecule is CCc1cc(-c2cnccn2)nn1-c1ccc([N+](=O)[O-])cc1. The van der Waals surface area contributed by atoms with E-state index in [1.165, 1.54) is 12.1 Å². The third kappa shape index (κ3) is 2.56. The van der Waals surface area contributed by atoms with Crippen LogP contribution in [0.1, 0.15) is 12.6 Å². The van der Waals surface area contributed by atoms with Crippen LogP contribution in [0.4, 0.5) is 5.69 Å². The lowest BCUT2D eigenvalue weighted by molar-refractivity contribution is -0.384. The summed E-state index contributed by atoms with van der Waals surface area (Å²) in [6.45, 7) is 2.03. The fourth-order valence-electron chi connectivity index (χ4n) is 2.17. The van der Waals surface area contributed by atoms with E-state index in [0.717, 1.165) is 23.5 Å². The molecule has 3 rings (SSSR count). The zero-order valence-corrected chi connectivity index (χ0v) is 11.9. The normalized spacial score (nSPS) is 10.6. The number of hydrogen-bond acceptors (Lipinski definition) is 5. The fraction of sp³-hybridized carbons (Fsp3) is 0.133. The highest BCUT2D eigenvalue weighted by Gasteiger charge is 2.12. The number of non-ortho nitro benzene ring substituents is 1. The van der Waals surface area contributed by atoms with Gasteiger partial charge in [0, 0.05) is 30.2 Å². The Morgan fingerprint density at radius 3 is 2.55 bits per heavy atom. The average molecular weight is 295 g/mol. The second-order valence-corrected chi connectivity index (χ2v) is 4.65. The van der Waals surface area contributed by atoms with Gasteiger partial charge in [0.1, 0.15) is 11.4 Å². The van der Waals surface area contributed by atoms with Gasteiger partial charge >= 0.3 is 0 Å². The van der Waals surface area contributed by atoms with E-state index in [0.29, 0.717) is 5.69 Å². The summed E-state index contributed by atoms with van der Waals surface area (Å²) in [5.41, 5.74) is 3.25. The molecule has 7 nitrogen and oxygen atoms in total. The van der Waals surface area contributed by atoms with Crippen molar-refractivity contribution in [2.45, 2.75) is 13.3 Å². The van der Waals surface area contributed by atoms with Gasteiger partial charge in [0.15, 0.2) is 0 Å². The van der Waals surface area contributed by atoms with Gasteiger partial charge in [-0.2, -0.15) is 5.10 Å². The van der Waals surface area contributed by atoms with Crippen LogP contribution in [0.3, 0.4) is 0 Å². The van der Waals surface area contributed by atoms with Gasteiger partial charge < -0.3 is 0 Å². The predicted molar refractivity (Wildman–Crippen MR) is 80.6 cm³/mol. The zero-order chi connectivity index (χ0) is 15.5. The van der Waals surface area contributed by atoms with E-state index in [2.05, 4.69) is 15.1 Å². The van der Waals surface area contributed by atoms with E-state index in [9.17, 15) is 10.1 Å². The van der Waals surface area contributed by atoms with Gasteiger partial charge in [-0.1, -0.05) is 6.92 Å². The molecule has 110 valence electrons. The summed E-state index contributed by atoms with van der Waals surface area (Å²) in [6.07, 6.45) is 5.66. The number of hydrogen-bond donors (Lipinski definition) is 0. The number of aryl methyl sites for hydroxylation is 1. The first-order chi connectivity index (χ1) is 10.7. The van der Waals surface area contributed by atoms with Crippen molar-refractivity contribution in [2.24, 2.45) is 0 Å². The van der Waals surface area contributed by atoms with Crippen LogP contribution in [0.15, 0.2) is 48.9 Å². The van der Waals surface area contributed by atoms with Crippen molar-refractivity contribution in [2.75, 3.05) is 0 Å². The van der Waals surface area contributed by atoms with Crippen LogP contribution >= 0.6 is 0 Å². The van der Waals surface area contributed by atoms with Crippen molar-refractivity contribution in [3.8, 4) is 17.1 Å². The Kier molecular flexibility index (Phi) is 3.61. The molecular formula is C15H13N5O2. The number of rotatable bonds is 4. The second-order valence-electron chi connectivity index (χ2n) is 4.65. The lowest BCUT2D eigenvalue weighted by Gasteiger charge is -2.05. The summed E-state index contributed by atoms with van der Waals surface area (Å²) >= 11 is 0. The third-order valence-electron chi connectivity index (χ3n) is 3.28. The molecule has 22 heavy (non-hydrogen) atoms. The summed E-state index contributed by atoms with van der Waals surface area (Å²) in [5.74, 6) is 0. The van der Waals surface area contributed by atoms with Crippen molar-refractivity contribution in [3.63, 3.8) is 0 Å². The first-order valence-electron chi connectivity index (χ1n) is 6.79. The van der Waals surface area contributed by atoms with Crippen LogP contribution in [0.2, 0.25) is 0 Å². The molecule has 2 aromatic heterocycles. The molecule has 3 aromatic rings. The first-order valence-corrected chi connectivity index (χ1v) is 6.79. The van der Waals surface area contributed by atoms with Crippen LogP contribution in [-0.2, 0) is 6.42 Å². The minimum atomic E-state index is -0.418. The maximum Gasteiger partial charge on any atom is 0.269 e. The Morgan fingerprint density at radius 2 is 1.95 bits per heavy atom. The minimum Gasteiger partial charge on any atom is -0.261 e. The Morgan fingerprint density at radius 1 is 1.18 bits per heavy atom. The Bertz CT molecular complexity index is 797. The van der Waals surface area contributed by atoms with E-state index >= 15 is 0 Å². The van der Waals surface area contributed by atoms with Crippen molar-refractivity contribution < 1.29 is 4.92 Å². The summed E-state index contributed by atoms with van der Waals surface area (Å²) in [4.78, 5) is 18.6. The van der Waals surface area contributed by atoms with E-state index in [1.807, 2.05) is 13.0 Å². The number of aromatic nitrogens is 4. The highest BCUT2D eigenvalue weighted by atomic mass is 16.6. The second kappa shape index (κ2) is 5.72. The van der Waals surface area contributed by atoms with Crippen LogP contribution < -0.4 is 0 Å². The van der Waals surface area contributed by atoms with Crippen LogP contribution in [0.25, 0.3) is 17.1 Å². The molecule has 0 spiro atoms. The lowest BCUT2D eigenvalue weighted by Crippen LogP contribution is -2.01. The van der Waals surface area contributed by atoms with E-state index in [1.54, 1.807) is 35.4 Å². The Labute approximate surface area is 126 Å². The summed E-state index contributed by atoms with van der Waals surface area (Å²) in [5, 5.41) is 15.3. The van der Waals surface area contributed by atoms with E-state index < -0.39 is 4.92 Å². The molecule has 0 aliphatic heterocycles. The molecule has 1 aromatic carbocycles. The topological polar surface area (TPSA) is 86.7 Å². The molecule has 0 atom stereocenters. The number of nitro benzene ring substituents is 1. The largest absolute Gasteiger partial charge is 0.269 e. The van der Waals surface area contributed by atoms with Crippen molar-refractivity contribution >= 4 is 5.69 Å². The smallest absolute Gasteiger partial charge is 0.261 e. The van der Waals surface area contributed by atoms with Crippen LogP contribution in [0, 0.1) is 10.1 Å². The molecule has 0 bridgehead atoms. The molecule has 0 aliphatic rings. The van der Waals surface area contributed by atoms with Gasteiger partial charge in [-0.3, -0.25) is 20.1 Å². The quantitative estimate of drug-likeness (QED) is 0.545. The molecular weight excluding hydrogens is 282 g/mol. The zero-order valence-electron chi connectivity index (χ0n) is 11.9. The highest BCUT2D eigenvalue weighted by molar-refractivity contribution is 5.54. The first kappa shape index (κ1) is 13.9. The monoisotopic (exact) mass is 295 g/mol. The predicted octanol–water partition coefficient (Wildman–Crippen LogP) is 2.80. The van der Waals surface area contributed by atoms with Gasteiger partial charge in [0.25, 0.3) is 5.69 Å². The summed E-state index contributed by atoms with van der Waals surface area (Å²) in [6, 6.07) is 8.26. The van der Waals surface area contributed by atoms with E-state index in [4.69, 9.17) is 0 Å². The molecule has 0 saturated carbocycles. The lowest BCUT2D eigenvalue weighted by atomic mass is 10.2. The van der Waals surface area contributed by atoms with Gasteiger partial charge in [0.05, 0.1) is 16.8 Å². The summed E-state index contributed by atoms with van der Waals surface area (Å²) in [7, 11) is 0. The maximum atomic E-state index is 10.7. The molecule has 0 saturated heterocycles. The standard InChI is InChI=1S/C15H13N5O2/c1-2-11-9-14(15-10-16-7-8-17-15)18-19(11)12-3-5-13(6-4-12)20(21)22/h3-10H,2H2,1H3. The van der Waals surface area contributed by atoms with Crippen molar-refractivity contribution in [1.82, 2.24) is 19.7 Å². The minimum absolute atomic E-state index is 0.0584. The molecule has 0 fully saturated rings. The van der Waals surface area contributed by atoms with Gasteiger partial charge in [-0.25, -0.2) is 4.68 Å². The Balaban J connectivity index is 2.03. The molecule has 0 radical (unpaired) electrons. The highest BCUT2D eigenvalue weighted by Crippen LogP contribution is 2.21. The molecule has 0 aliphatic carbocycles. The Hall–Kier alpha value is -3.09. The van der Waals surface area contributed by atoms with Crippen molar-refractivity contribution in [3.05, 3.63) is 64.7 Å². The van der Waals surface area contributed by atoms with Crippen LogP contribution in [0.5, 0.6) is 0 Å². The van der Waals surface area contributed by atoms with Gasteiger partial charge in [-0.05, 0) is 24.6 Å². The molecule has 0 N–H and O–H groups in total. The van der Waals surface area contributed by atoms with Gasteiger partial charge in [0.2, 0.25) is 0 Å². The number of benzene rings is 1. The number of nitrogens with zero attached hydrogens (tertiary/aromatic N) is 5. The molecule has 7 heteroatoms.